The molecule has 0 fully saturated rings. The summed E-state index contributed by atoms with van der Waals surface area (Å²) in [4.78, 5) is 16.8. The van der Waals surface area contributed by atoms with Gasteiger partial charge in [-0.25, -0.2) is 9.37 Å². The molecule has 2 heterocycles. The van der Waals surface area contributed by atoms with E-state index in [1.807, 2.05) is 47.2 Å². The van der Waals surface area contributed by atoms with Crippen LogP contribution >= 0.6 is 23.1 Å². The number of carbonyl (C=O) groups excluding carboxylic acids is 1. The molecule has 4 aromatic rings. The predicted molar refractivity (Wildman–Crippen MR) is 123 cm³/mol. The number of ether oxygens (including phenoxy) is 1. The first-order valence-corrected chi connectivity index (χ1v) is 11.7. The van der Waals surface area contributed by atoms with Crippen LogP contribution in [0.3, 0.4) is 0 Å². The number of halogens is 1. The number of thiazole rings is 1. The van der Waals surface area contributed by atoms with Crippen molar-refractivity contribution in [1.29, 1.82) is 0 Å². The average Bonchev–Trinajstić information content (AvgIpc) is 3.44. The SMILES string of the molecule is CCn1c(COc2ccccc2)nnc1SCC(=O)Nc1nc(-c2ccc(F)cc2)cs1. The van der Waals surface area contributed by atoms with Gasteiger partial charge in [-0.05, 0) is 43.3 Å². The third-order valence-electron chi connectivity index (χ3n) is 4.44. The summed E-state index contributed by atoms with van der Waals surface area (Å²) in [6, 6.07) is 15.6. The van der Waals surface area contributed by atoms with Crippen LogP contribution in [0.1, 0.15) is 12.7 Å². The van der Waals surface area contributed by atoms with E-state index in [4.69, 9.17) is 4.74 Å². The lowest BCUT2D eigenvalue weighted by Gasteiger charge is -2.08. The molecule has 4 rings (SSSR count). The van der Waals surface area contributed by atoms with Crippen molar-refractivity contribution in [3.8, 4) is 17.0 Å². The smallest absolute Gasteiger partial charge is 0.236 e. The first kappa shape index (κ1) is 22.0. The van der Waals surface area contributed by atoms with Gasteiger partial charge in [-0.1, -0.05) is 30.0 Å². The number of para-hydroxylation sites is 1. The highest BCUT2D eigenvalue weighted by molar-refractivity contribution is 7.99. The molecule has 0 bridgehead atoms. The van der Waals surface area contributed by atoms with Gasteiger partial charge in [0.15, 0.2) is 16.1 Å². The average molecular weight is 470 g/mol. The van der Waals surface area contributed by atoms with Gasteiger partial charge >= 0.3 is 0 Å². The molecule has 0 radical (unpaired) electrons. The quantitative estimate of drug-likeness (QED) is 0.352. The van der Waals surface area contributed by atoms with Crippen molar-refractivity contribution in [2.24, 2.45) is 0 Å². The lowest BCUT2D eigenvalue weighted by molar-refractivity contribution is -0.113. The number of benzene rings is 2. The number of hydrogen-bond acceptors (Lipinski definition) is 7. The molecule has 0 aliphatic carbocycles. The maximum Gasteiger partial charge on any atom is 0.236 e. The fraction of sp³-hybridized carbons (Fsp3) is 0.182. The van der Waals surface area contributed by atoms with Gasteiger partial charge in [0.05, 0.1) is 11.4 Å². The Morgan fingerprint density at radius 1 is 1.16 bits per heavy atom. The van der Waals surface area contributed by atoms with E-state index in [2.05, 4.69) is 20.5 Å². The number of carbonyl (C=O) groups is 1. The van der Waals surface area contributed by atoms with E-state index in [1.165, 1.54) is 35.2 Å². The summed E-state index contributed by atoms with van der Waals surface area (Å²) in [7, 11) is 0. The van der Waals surface area contributed by atoms with Crippen LogP contribution in [0.25, 0.3) is 11.3 Å². The van der Waals surface area contributed by atoms with Crippen molar-refractivity contribution < 1.29 is 13.9 Å². The molecule has 32 heavy (non-hydrogen) atoms. The Morgan fingerprint density at radius 2 is 1.94 bits per heavy atom. The molecule has 2 aromatic heterocycles. The second-order valence-corrected chi connectivity index (χ2v) is 8.43. The van der Waals surface area contributed by atoms with Gasteiger partial charge in [0, 0.05) is 17.5 Å². The highest BCUT2D eigenvalue weighted by atomic mass is 32.2. The Bertz CT molecular complexity index is 1180. The number of rotatable bonds is 9. The van der Waals surface area contributed by atoms with Crippen molar-refractivity contribution in [1.82, 2.24) is 19.7 Å². The second-order valence-electron chi connectivity index (χ2n) is 6.63. The molecular formula is C22H20FN5O2S2. The zero-order valence-electron chi connectivity index (χ0n) is 17.2. The van der Waals surface area contributed by atoms with Crippen LogP contribution < -0.4 is 10.1 Å². The van der Waals surface area contributed by atoms with Crippen LogP contribution in [0.5, 0.6) is 5.75 Å². The first-order valence-electron chi connectivity index (χ1n) is 9.86. The maximum absolute atomic E-state index is 13.1. The van der Waals surface area contributed by atoms with Crippen LogP contribution in [0.2, 0.25) is 0 Å². The molecule has 0 saturated heterocycles. The number of amides is 1. The summed E-state index contributed by atoms with van der Waals surface area (Å²) in [5, 5.41) is 14.2. The number of nitrogens with one attached hydrogen (secondary N) is 1. The Kier molecular flexibility index (Phi) is 7.13. The van der Waals surface area contributed by atoms with Crippen molar-refractivity contribution in [2.75, 3.05) is 11.1 Å². The minimum Gasteiger partial charge on any atom is -0.486 e. The van der Waals surface area contributed by atoms with E-state index in [-0.39, 0.29) is 17.5 Å². The van der Waals surface area contributed by atoms with Crippen LogP contribution in [0.15, 0.2) is 65.1 Å². The van der Waals surface area contributed by atoms with Crippen molar-refractivity contribution in [3.05, 3.63) is 71.6 Å². The number of aromatic nitrogens is 4. The molecule has 0 aliphatic rings. The van der Waals surface area contributed by atoms with E-state index in [1.54, 1.807) is 12.1 Å². The minimum absolute atomic E-state index is 0.170. The normalized spacial score (nSPS) is 10.8. The number of thioether (sulfide) groups is 1. The molecule has 0 saturated carbocycles. The zero-order valence-corrected chi connectivity index (χ0v) is 18.8. The van der Waals surface area contributed by atoms with Crippen molar-refractivity contribution in [3.63, 3.8) is 0 Å². The first-order chi connectivity index (χ1) is 15.6. The van der Waals surface area contributed by atoms with Gasteiger partial charge < -0.3 is 14.6 Å². The third-order valence-corrected chi connectivity index (χ3v) is 6.17. The summed E-state index contributed by atoms with van der Waals surface area (Å²) in [6.45, 7) is 2.95. The highest BCUT2D eigenvalue weighted by Crippen LogP contribution is 2.25. The Hall–Kier alpha value is -3.24. The van der Waals surface area contributed by atoms with Crippen molar-refractivity contribution in [2.45, 2.75) is 25.2 Å². The second kappa shape index (κ2) is 10.4. The van der Waals surface area contributed by atoms with Gasteiger partial charge in [-0.2, -0.15) is 0 Å². The predicted octanol–water partition coefficient (Wildman–Crippen LogP) is 4.87. The molecule has 0 atom stereocenters. The summed E-state index contributed by atoms with van der Waals surface area (Å²) < 4.78 is 20.8. The molecule has 0 unspecified atom stereocenters. The molecule has 1 amide bonds. The van der Waals surface area contributed by atoms with Crippen LogP contribution in [0, 0.1) is 5.82 Å². The molecule has 10 heteroatoms. The van der Waals surface area contributed by atoms with Gasteiger partial charge in [-0.15, -0.1) is 21.5 Å². The van der Waals surface area contributed by atoms with Gasteiger partial charge in [-0.3, -0.25) is 4.79 Å². The van der Waals surface area contributed by atoms with E-state index in [0.29, 0.717) is 35.0 Å². The Labute approximate surface area is 192 Å². The van der Waals surface area contributed by atoms with Crippen molar-refractivity contribution >= 4 is 34.1 Å². The number of nitrogens with zero attached hydrogens (tertiary/aromatic N) is 4. The number of anilines is 1. The maximum atomic E-state index is 13.1. The molecule has 7 nitrogen and oxygen atoms in total. The summed E-state index contributed by atoms with van der Waals surface area (Å²) >= 11 is 2.62. The van der Waals surface area contributed by atoms with E-state index < -0.39 is 0 Å². The van der Waals surface area contributed by atoms with Gasteiger partial charge in [0.1, 0.15) is 18.2 Å². The van der Waals surface area contributed by atoms with Crippen LogP contribution in [-0.2, 0) is 17.9 Å². The summed E-state index contributed by atoms with van der Waals surface area (Å²) in [5.74, 6) is 1.13. The van der Waals surface area contributed by atoms with E-state index >= 15 is 0 Å². The molecule has 164 valence electrons. The molecule has 0 aliphatic heterocycles. The largest absolute Gasteiger partial charge is 0.486 e. The summed E-state index contributed by atoms with van der Waals surface area (Å²) in [6.07, 6.45) is 0. The Morgan fingerprint density at radius 3 is 2.69 bits per heavy atom. The molecular weight excluding hydrogens is 449 g/mol. The highest BCUT2D eigenvalue weighted by Gasteiger charge is 2.15. The third kappa shape index (κ3) is 5.51. The Balaban J connectivity index is 1.32. The standard InChI is InChI=1S/C22H20FN5O2S2/c1-2-28-19(12-30-17-6-4-3-5-7-17)26-27-22(28)32-14-20(29)25-21-24-18(13-31-21)15-8-10-16(23)11-9-15/h3-11,13H,2,12,14H2,1H3,(H,24,25,29). The zero-order chi connectivity index (χ0) is 22.3. The fourth-order valence-electron chi connectivity index (χ4n) is 2.88. The van der Waals surface area contributed by atoms with E-state index in [0.717, 1.165) is 11.3 Å². The van der Waals surface area contributed by atoms with Gasteiger partial charge in [0.2, 0.25) is 5.91 Å². The lowest BCUT2D eigenvalue weighted by atomic mass is 10.2. The monoisotopic (exact) mass is 469 g/mol. The topological polar surface area (TPSA) is 81.9 Å². The number of hydrogen-bond donors (Lipinski definition) is 1. The van der Waals surface area contributed by atoms with E-state index in [9.17, 15) is 9.18 Å². The molecule has 0 spiro atoms. The van der Waals surface area contributed by atoms with Gasteiger partial charge in [0.25, 0.3) is 0 Å². The summed E-state index contributed by atoms with van der Waals surface area (Å²) in [5.41, 5.74) is 1.48. The fourth-order valence-corrected chi connectivity index (χ4v) is 4.44. The molecule has 1 N–H and O–H groups in total. The minimum atomic E-state index is -0.302. The lowest BCUT2D eigenvalue weighted by Crippen LogP contribution is -2.14. The molecule has 2 aromatic carbocycles. The van der Waals surface area contributed by atoms with Crippen LogP contribution in [-0.4, -0.2) is 31.4 Å². The van der Waals surface area contributed by atoms with Crippen LogP contribution in [0.4, 0.5) is 9.52 Å².